The summed E-state index contributed by atoms with van der Waals surface area (Å²) in [6.07, 6.45) is 0. The highest BCUT2D eigenvalue weighted by molar-refractivity contribution is 5.96. The lowest BCUT2D eigenvalue weighted by Crippen LogP contribution is -2.16. The highest BCUT2D eigenvalue weighted by Crippen LogP contribution is 2.31. The molecule has 0 spiro atoms. The number of carbonyl (C=O) groups excluding carboxylic acids is 2. The third-order valence-electron chi connectivity index (χ3n) is 5.27. The molecular weight excluding hydrogens is 388 g/mol. The monoisotopic (exact) mass is 416 g/mol. The molecule has 0 radical (unpaired) electrons. The molecule has 0 heterocycles. The number of benzene rings is 3. The molecule has 0 saturated carbocycles. The first kappa shape index (κ1) is 22.3. The molecule has 4 nitrogen and oxygen atoms in total. The van der Waals surface area contributed by atoms with Gasteiger partial charge in [-0.3, -0.25) is 0 Å². The Bertz CT molecular complexity index is 1140. The molecule has 0 amide bonds. The van der Waals surface area contributed by atoms with Crippen molar-refractivity contribution in [2.24, 2.45) is 0 Å². The zero-order valence-electron chi connectivity index (χ0n) is 19.2. The van der Waals surface area contributed by atoms with Crippen molar-refractivity contribution in [2.45, 2.75) is 48.5 Å². The molecule has 0 aliphatic heterocycles. The van der Waals surface area contributed by atoms with Gasteiger partial charge in [0.05, 0.1) is 11.1 Å². The van der Waals surface area contributed by atoms with Crippen molar-refractivity contribution < 1.29 is 19.1 Å². The van der Waals surface area contributed by atoms with E-state index in [1.807, 2.05) is 78.8 Å². The Balaban J connectivity index is 1.93. The fourth-order valence-electron chi connectivity index (χ4n) is 4.09. The van der Waals surface area contributed by atoms with E-state index < -0.39 is 11.9 Å². The third-order valence-corrected chi connectivity index (χ3v) is 5.27. The fraction of sp³-hybridized carbons (Fsp3) is 0.259. The zero-order valence-corrected chi connectivity index (χ0v) is 19.2. The summed E-state index contributed by atoms with van der Waals surface area (Å²) in [7, 11) is 0. The molecule has 0 aromatic heterocycles. The highest BCUT2D eigenvalue weighted by atomic mass is 16.6. The molecule has 0 aliphatic carbocycles. The van der Waals surface area contributed by atoms with Crippen LogP contribution in [0.15, 0.2) is 42.5 Å². The van der Waals surface area contributed by atoms with Gasteiger partial charge in [-0.15, -0.1) is 0 Å². The predicted molar refractivity (Wildman–Crippen MR) is 122 cm³/mol. The van der Waals surface area contributed by atoms with Gasteiger partial charge in [0.2, 0.25) is 0 Å². The van der Waals surface area contributed by atoms with Crippen molar-refractivity contribution in [1.82, 2.24) is 0 Å². The van der Waals surface area contributed by atoms with E-state index >= 15 is 0 Å². The molecule has 0 atom stereocenters. The van der Waals surface area contributed by atoms with E-state index in [0.29, 0.717) is 11.1 Å². The summed E-state index contributed by atoms with van der Waals surface area (Å²) >= 11 is 0. The van der Waals surface area contributed by atoms with Crippen molar-refractivity contribution in [3.8, 4) is 11.5 Å². The van der Waals surface area contributed by atoms with Crippen LogP contribution in [-0.4, -0.2) is 11.9 Å². The van der Waals surface area contributed by atoms with Crippen LogP contribution in [0.3, 0.4) is 0 Å². The van der Waals surface area contributed by atoms with E-state index in [2.05, 4.69) is 0 Å². The normalized spacial score (nSPS) is 10.7. The number of esters is 2. The number of aryl methyl sites for hydroxylation is 7. The molecule has 4 heteroatoms. The van der Waals surface area contributed by atoms with Gasteiger partial charge in [-0.05, 0) is 88.4 Å². The molecule has 31 heavy (non-hydrogen) atoms. The van der Waals surface area contributed by atoms with Crippen molar-refractivity contribution in [3.63, 3.8) is 0 Å². The predicted octanol–water partition coefficient (Wildman–Crippen LogP) is 6.28. The first-order chi connectivity index (χ1) is 14.6. The molecular formula is C27H28O4. The minimum Gasteiger partial charge on any atom is -0.419 e. The summed E-state index contributed by atoms with van der Waals surface area (Å²) < 4.78 is 11.4. The Kier molecular flexibility index (Phi) is 6.30. The van der Waals surface area contributed by atoms with E-state index in [1.165, 1.54) is 0 Å². The van der Waals surface area contributed by atoms with Gasteiger partial charge >= 0.3 is 11.9 Å². The minimum absolute atomic E-state index is 0.214. The molecule has 160 valence electrons. The van der Waals surface area contributed by atoms with E-state index in [0.717, 1.165) is 38.9 Å². The van der Waals surface area contributed by atoms with Crippen LogP contribution in [0.4, 0.5) is 0 Å². The molecule has 0 unspecified atom stereocenters. The van der Waals surface area contributed by atoms with Crippen LogP contribution in [0.5, 0.6) is 11.5 Å². The maximum absolute atomic E-state index is 13.0. The topological polar surface area (TPSA) is 52.6 Å². The van der Waals surface area contributed by atoms with Gasteiger partial charge in [0.25, 0.3) is 0 Å². The van der Waals surface area contributed by atoms with Gasteiger partial charge in [-0.25, -0.2) is 9.59 Å². The first-order valence-corrected chi connectivity index (χ1v) is 10.3. The Morgan fingerprint density at radius 2 is 0.903 bits per heavy atom. The van der Waals surface area contributed by atoms with Gasteiger partial charge in [-0.2, -0.15) is 0 Å². The summed E-state index contributed by atoms with van der Waals surface area (Å²) in [4.78, 5) is 25.9. The fourth-order valence-corrected chi connectivity index (χ4v) is 4.09. The van der Waals surface area contributed by atoms with Crippen molar-refractivity contribution >= 4 is 11.9 Å². The lowest BCUT2D eigenvalue weighted by atomic mass is 10.00. The van der Waals surface area contributed by atoms with Crippen LogP contribution in [0, 0.1) is 48.5 Å². The van der Waals surface area contributed by atoms with Gasteiger partial charge in [0.1, 0.15) is 0 Å². The number of hydrogen-bond acceptors (Lipinski definition) is 4. The van der Waals surface area contributed by atoms with Crippen molar-refractivity contribution in [3.05, 3.63) is 92.5 Å². The summed E-state index contributed by atoms with van der Waals surface area (Å²) in [6.45, 7) is 13.4. The lowest BCUT2D eigenvalue weighted by Gasteiger charge is -2.15. The SMILES string of the molecule is Cc1cc(C)c(C(=O)Oc2ccc(C)cc2OC(=O)c2c(C)cc(C)cc2C)c(C)c1. The molecule has 0 fully saturated rings. The largest absolute Gasteiger partial charge is 0.419 e. The van der Waals surface area contributed by atoms with E-state index in [1.54, 1.807) is 12.1 Å². The number of carbonyl (C=O) groups is 2. The quantitative estimate of drug-likeness (QED) is 0.371. The summed E-state index contributed by atoms with van der Waals surface area (Å²) in [5.41, 5.74) is 7.49. The summed E-state index contributed by atoms with van der Waals surface area (Å²) in [6, 6.07) is 13.0. The van der Waals surface area contributed by atoms with Gasteiger partial charge in [0.15, 0.2) is 11.5 Å². The first-order valence-electron chi connectivity index (χ1n) is 10.3. The number of rotatable bonds is 4. The molecule has 0 saturated heterocycles. The van der Waals surface area contributed by atoms with Crippen LogP contribution in [0.1, 0.15) is 59.7 Å². The van der Waals surface area contributed by atoms with E-state index in [-0.39, 0.29) is 11.5 Å². The van der Waals surface area contributed by atoms with Crippen molar-refractivity contribution in [1.29, 1.82) is 0 Å². The van der Waals surface area contributed by atoms with Crippen molar-refractivity contribution in [2.75, 3.05) is 0 Å². The maximum Gasteiger partial charge on any atom is 0.344 e. The zero-order chi connectivity index (χ0) is 22.9. The Hall–Kier alpha value is -3.40. The molecule has 0 bridgehead atoms. The Morgan fingerprint density at radius 1 is 0.516 bits per heavy atom. The smallest absolute Gasteiger partial charge is 0.344 e. The molecule has 0 aliphatic rings. The van der Waals surface area contributed by atoms with Crippen LogP contribution < -0.4 is 9.47 Å². The average molecular weight is 417 g/mol. The van der Waals surface area contributed by atoms with Gasteiger partial charge < -0.3 is 9.47 Å². The molecule has 3 aromatic carbocycles. The van der Waals surface area contributed by atoms with Crippen LogP contribution in [0.25, 0.3) is 0 Å². The number of ether oxygens (including phenoxy) is 2. The summed E-state index contributed by atoms with van der Waals surface area (Å²) in [5.74, 6) is -0.509. The van der Waals surface area contributed by atoms with Crippen LogP contribution in [-0.2, 0) is 0 Å². The third kappa shape index (κ3) is 4.85. The van der Waals surface area contributed by atoms with Crippen LogP contribution >= 0.6 is 0 Å². The second-order valence-electron chi connectivity index (χ2n) is 8.28. The van der Waals surface area contributed by atoms with E-state index in [4.69, 9.17) is 9.47 Å². The van der Waals surface area contributed by atoms with Crippen LogP contribution in [0.2, 0.25) is 0 Å². The molecule has 0 N–H and O–H groups in total. The second-order valence-corrected chi connectivity index (χ2v) is 8.28. The Morgan fingerprint density at radius 3 is 1.32 bits per heavy atom. The number of hydrogen-bond donors (Lipinski definition) is 0. The lowest BCUT2D eigenvalue weighted by molar-refractivity contribution is 0.0680. The standard InChI is InChI=1S/C27H28O4/c1-15-8-9-22(30-26(28)24-18(4)10-16(2)11-19(24)5)23(14-15)31-27(29)25-20(6)12-17(3)13-21(25)7/h8-14H,1-7H3. The van der Waals surface area contributed by atoms with Gasteiger partial charge in [0, 0.05) is 0 Å². The average Bonchev–Trinajstić information content (AvgIpc) is 2.62. The second kappa shape index (κ2) is 8.76. The summed E-state index contributed by atoms with van der Waals surface area (Å²) in [5, 5.41) is 0. The van der Waals surface area contributed by atoms with E-state index in [9.17, 15) is 9.59 Å². The van der Waals surface area contributed by atoms with Gasteiger partial charge in [-0.1, -0.05) is 41.5 Å². The highest BCUT2D eigenvalue weighted by Gasteiger charge is 2.21. The molecule has 3 aromatic rings. The Labute approximate surface area is 183 Å². The minimum atomic E-state index is -0.473. The molecule has 3 rings (SSSR count). The maximum atomic E-state index is 13.0.